The van der Waals surface area contributed by atoms with Crippen LogP contribution in [0, 0.1) is 6.92 Å². The lowest BCUT2D eigenvalue weighted by molar-refractivity contribution is 0.687. The standard InChI is InChI=1S/C22H21ClN6S/c1-16-6-2-3-7-17(16)14-28-12-10-20(26-28)24-22(30)25-21-11-13-29(27-21)15-18-8-4-5-9-19(18)23/h2-13H,14-15H2,1H3,(H2,24,25,26,27,30). The number of aromatic nitrogens is 4. The number of hydrogen-bond acceptors (Lipinski definition) is 3. The van der Waals surface area contributed by atoms with Crippen LogP contribution in [0.3, 0.4) is 0 Å². The molecule has 0 unspecified atom stereocenters. The van der Waals surface area contributed by atoms with E-state index in [1.807, 2.05) is 70.3 Å². The number of halogens is 1. The number of rotatable bonds is 6. The first-order valence-corrected chi connectivity index (χ1v) is 10.3. The number of anilines is 2. The molecule has 30 heavy (non-hydrogen) atoms. The third-order valence-electron chi connectivity index (χ3n) is 4.65. The molecule has 0 aliphatic rings. The zero-order chi connectivity index (χ0) is 20.9. The van der Waals surface area contributed by atoms with E-state index in [2.05, 4.69) is 39.9 Å². The van der Waals surface area contributed by atoms with Crippen LogP contribution in [0.4, 0.5) is 11.6 Å². The van der Waals surface area contributed by atoms with Crippen LogP contribution in [-0.2, 0) is 13.1 Å². The lowest BCUT2D eigenvalue weighted by Crippen LogP contribution is -2.20. The minimum atomic E-state index is 0.430. The van der Waals surface area contributed by atoms with Crippen molar-refractivity contribution in [2.75, 3.05) is 10.6 Å². The molecule has 2 aromatic heterocycles. The molecule has 6 nitrogen and oxygen atoms in total. The van der Waals surface area contributed by atoms with Crippen molar-refractivity contribution >= 4 is 40.6 Å². The van der Waals surface area contributed by atoms with Crippen molar-refractivity contribution in [1.29, 1.82) is 0 Å². The van der Waals surface area contributed by atoms with E-state index in [9.17, 15) is 0 Å². The number of thiocarbonyl (C=S) groups is 1. The van der Waals surface area contributed by atoms with Gasteiger partial charge in [-0.3, -0.25) is 9.36 Å². The highest BCUT2D eigenvalue weighted by Crippen LogP contribution is 2.17. The molecule has 0 fully saturated rings. The van der Waals surface area contributed by atoms with Crippen LogP contribution >= 0.6 is 23.8 Å². The summed E-state index contributed by atoms with van der Waals surface area (Å²) in [6, 6.07) is 19.8. The van der Waals surface area contributed by atoms with Gasteiger partial charge in [0.15, 0.2) is 16.7 Å². The summed E-state index contributed by atoms with van der Waals surface area (Å²) in [7, 11) is 0. The Morgan fingerprint density at radius 3 is 1.97 bits per heavy atom. The van der Waals surface area contributed by atoms with Gasteiger partial charge in [0.25, 0.3) is 0 Å². The van der Waals surface area contributed by atoms with Gasteiger partial charge < -0.3 is 10.6 Å². The molecule has 0 aliphatic carbocycles. The first kappa shape index (κ1) is 20.1. The third kappa shape index (κ3) is 5.06. The molecule has 4 rings (SSSR count). The summed E-state index contributed by atoms with van der Waals surface area (Å²) in [5.74, 6) is 1.33. The summed E-state index contributed by atoms with van der Waals surface area (Å²) in [4.78, 5) is 0. The smallest absolute Gasteiger partial charge is 0.177 e. The second-order valence-corrected chi connectivity index (χ2v) is 7.71. The molecule has 0 bridgehead atoms. The average Bonchev–Trinajstić information content (AvgIpc) is 3.35. The molecule has 152 valence electrons. The Hall–Kier alpha value is -3.16. The van der Waals surface area contributed by atoms with Crippen molar-refractivity contribution in [3.05, 3.63) is 94.8 Å². The summed E-state index contributed by atoms with van der Waals surface area (Å²) in [5, 5.41) is 16.4. The highest BCUT2D eigenvalue weighted by Gasteiger charge is 2.07. The largest absolute Gasteiger partial charge is 0.316 e. The van der Waals surface area contributed by atoms with Crippen LogP contribution in [0.1, 0.15) is 16.7 Å². The van der Waals surface area contributed by atoms with Gasteiger partial charge in [0.2, 0.25) is 0 Å². The van der Waals surface area contributed by atoms with E-state index in [0.717, 1.165) is 10.6 Å². The zero-order valence-corrected chi connectivity index (χ0v) is 18.0. The van der Waals surface area contributed by atoms with E-state index in [4.69, 9.17) is 23.8 Å². The van der Waals surface area contributed by atoms with Gasteiger partial charge in [-0.25, -0.2) is 0 Å². The summed E-state index contributed by atoms with van der Waals surface area (Å²) < 4.78 is 3.69. The number of nitrogens with zero attached hydrogens (tertiary/aromatic N) is 4. The first-order valence-electron chi connectivity index (χ1n) is 9.49. The fourth-order valence-corrected chi connectivity index (χ4v) is 3.46. The van der Waals surface area contributed by atoms with Crippen LogP contribution in [0.25, 0.3) is 0 Å². The molecule has 0 radical (unpaired) electrons. The Morgan fingerprint density at radius 2 is 1.37 bits per heavy atom. The van der Waals surface area contributed by atoms with Crippen molar-refractivity contribution in [1.82, 2.24) is 19.6 Å². The summed E-state index contributed by atoms with van der Waals surface area (Å²) in [5.41, 5.74) is 3.48. The number of hydrogen-bond donors (Lipinski definition) is 2. The Kier molecular flexibility index (Phi) is 6.11. The molecule has 2 N–H and O–H groups in total. The van der Waals surface area contributed by atoms with Gasteiger partial charge in [0, 0.05) is 29.5 Å². The van der Waals surface area contributed by atoms with Gasteiger partial charge >= 0.3 is 0 Å². The van der Waals surface area contributed by atoms with Crippen molar-refractivity contribution in [2.24, 2.45) is 0 Å². The van der Waals surface area contributed by atoms with E-state index in [1.165, 1.54) is 11.1 Å². The maximum Gasteiger partial charge on any atom is 0.177 e. The number of nitrogens with one attached hydrogen (secondary N) is 2. The van der Waals surface area contributed by atoms with Crippen molar-refractivity contribution < 1.29 is 0 Å². The molecule has 0 saturated heterocycles. The highest BCUT2D eigenvalue weighted by atomic mass is 35.5. The lowest BCUT2D eigenvalue weighted by Gasteiger charge is -2.07. The van der Waals surface area contributed by atoms with E-state index >= 15 is 0 Å². The second-order valence-electron chi connectivity index (χ2n) is 6.89. The lowest BCUT2D eigenvalue weighted by atomic mass is 10.1. The molecule has 0 atom stereocenters. The predicted molar refractivity (Wildman–Crippen MR) is 125 cm³/mol. The Balaban J connectivity index is 1.33. The molecular formula is C22H21ClN6S. The summed E-state index contributed by atoms with van der Waals surface area (Å²) >= 11 is 11.6. The van der Waals surface area contributed by atoms with Crippen molar-refractivity contribution in [3.63, 3.8) is 0 Å². The minimum absolute atomic E-state index is 0.430. The van der Waals surface area contributed by atoms with E-state index < -0.39 is 0 Å². The van der Waals surface area contributed by atoms with Crippen LogP contribution in [0.2, 0.25) is 5.02 Å². The fourth-order valence-electron chi connectivity index (χ4n) is 3.06. The predicted octanol–water partition coefficient (Wildman–Crippen LogP) is 4.95. The number of aryl methyl sites for hydroxylation is 1. The van der Waals surface area contributed by atoms with Crippen molar-refractivity contribution in [3.8, 4) is 0 Å². The average molecular weight is 437 g/mol. The molecule has 8 heteroatoms. The van der Waals surface area contributed by atoms with Gasteiger partial charge in [-0.15, -0.1) is 0 Å². The molecule has 2 heterocycles. The van der Waals surface area contributed by atoms with Crippen LogP contribution in [0.15, 0.2) is 73.1 Å². The minimum Gasteiger partial charge on any atom is -0.316 e. The fraction of sp³-hybridized carbons (Fsp3) is 0.136. The van der Waals surface area contributed by atoms with E-state index in [1.54, 1.807) is 0 Å². The van der Waals surface area contributed by atoms with Crippen LogP contribution in [0.5, 0.6) is 0 Å². The summed E-state index contributed by atoms with van der Waals surface area (Å²) in [6.07, 6.45) is 3.81. The van der Waals surface area contributed by atoms with Gasteiger partial charge in [-0.2, -0.15) is 10.2 Å². The molecule has 0 saturated carbocycles. The Morgan fingerprint density at radius 1 is 0.833 bits per heavy atom. The number of benzene rings is 2. The topological polar surface area (TPSA) is 59.7 Å². The SMILES string of the molecule is Cc1ccccc1Cn1ccc(NC(=S)Nc2ccn(Cc3ccccc3Cl)n2)n1. The van der Waals surface area contributed by atoms with E-state index in [-0.39, 0.29) is 0 Å². The third-order valence-corrected chi connectivity index (χ3v) is 5.22. The molecule has 2 aromatic carbocycles. The van der Waals surface area contributed by atoms with Gasteiger partial charge in [-0.1, -0.05) is 54.1 Å². The van der Waals surface area contributed by atoms with Gasteiger partial charge in [0.05, 0.1) is 13.1 Å². The maximum atomic E-state index is 6.22. The van der Waals surface area contributed by atoms with Gasteiger partial charge in [-0.05, 0) is 41.9 Å². The van der Waals surface area contributed by atoms with Crippen LogP contribution < -0.4 is 10.6 Å². The quantitative estimate of drug-likeness (QED) is 0.419. The second kappa shape index (κ2) is 9.11. The maximum absolute atomic E-state index is 6.22. The first-order chi connectivity index (χ1) is 14.6. The molecule has 4 aromatic rings. The summed E-state index contributed by atoms with van der Waals surface area (Å²) in [6.45, 7) is 3.40. The van der Waals surface area contributed by atoms with E-state index in [0.29, 0.717) is 29.8 Å². The normalized spacial score (nSPS) is 10.7. The molecule has 0 amide bonds. The van der Waals surface area contributed by atoms with Crippen molar-refractivity contribution in [2.45, 2.75) is 20.0 Å². The monoisotopic (exact) mass is 436 g/mol. The van der Waals surface area contributed by atoms with Crippen LogP contribution in [-0.4, -0.2) is 24.7 Å². The highest BCUT2D eigenvalue weighted by molar-refractivity contribution is 7.80. The molecule has 0 spiro atoms. The Bertz CT molecular complexity index is 1080. The molecule has 0 aliphatic heterocycles. The molecular weight excluding hydrogens is 416 g/mol. The Labute approximate surface area is 185 Å². The zero-order valence-electron chi connectivity index (χ0n) is 16.4. The van der Waals surface area contributed by atoms with Gasteiger partial charge in [0.1, 0.15) is 0 Å².